The van der Waals surface area contributed by atoms with Crippen molar-refractivity contribution in [1.29, 1.82) is 0 Å². The summed E-state index contributed by atoms with van der Waals surface area (Å²) in [7, 11) is 0. The van der Waals surface area contributed by atoms with Gasteiger partial charge in [-0.05, 0) is 76.5 Å². The molecule has 5 heteroatoms. The Bertz CT molecular complexity index is 3010. The molecule has 0 N–H and O–H groups in total. The molecule has 3 heterocycles. The number of rotatable bonds is 5. The predicted octanol–water partition coefficient (Wildman–Crippen LogP) is 13.3. The Labute approximate surface area is 318 Å². The number of hydrogen-bond donors (Lipinski definition) is 0. The van der Waals surface area contributed by atoms with E-state index in [2.05, 4.69) is 179 Å². The van der Waals surface area contributed by atoms with Gasteiger partial charge in [0.15, 0.2) is 11.5 Å². The van der Waals surface area contributed by atoms with Gasteiger partial charge in [0.1, 0.15) is 0 Å². The molecule has 8 aromatic carbocycles. The van der Waals surface area contributed by atoms with Crippen LogP contribution >= 0.6 is 0 Å². The second-order valence-corrected chi connectivity index (χ2v) is 13.8. The van der Waals surface area contributed by atoms with E-state index >= 15 is 0 Å². The van der Waals surface area contributed by atoms with E-state index in [9.17, 15) is 0 Å². The minimum absolute atomic E-state index is 0.623. The molecule has 11 rings (SSSR count). The molecule has 0 bridgehead atoms. The molecule has 5 nitrogen and oxygen atoms in total. The molecule has 1 aliphatic heterocycles. The van der Waals surface area contributed by atoms with E-state index in [0.29, 0.717) is 5.95 Å². The summed E-state index contributed by atoms with van der Waals surface area (Å²) in [4.78, 5) is 12.9. The number of aromatic nitrogens is 3. The maximum atomic E-state index is 6.53. The van der Waals surface area contributed by atoms with Gasteiger partial charge in [0.05, 0.1) is 33.8 Å². The highest BCUT2D eigenvalue weighted by Crippen LogP contribution is 2.52. The fraction of sp³-hybridized carbons (Fsp3) is 0. The lowest BCUT2D eigenvalue weighted by molar-refractivity contribution is 0.477. The average Bonchev–Trinajstić information content (AvgIpc) is 3.61. The monoisotopic (exact) mass is 704 g/mol. The molecule has 0 fully saturated rings. The van der Waals surface area contributed by atoms with Crippen LogP contribution in [0, 0.1) is 0 Å². The van der Waals surface area contributed by atoms with Gasteiger partial charge in [-0.25, -0.2) is 9.97 Å². The first-order chi connectivity index (χ1) is 27.3. The third kappa shape index (κ3) is 5.09. The number of ether oxygens (including phenoxy) is 1. The summed E-state index contributed by atoms with van der Waals surface area (Å²) in [5, 5.41) is 4.67. The summed E-state index contributed by atoms with van der Waals surface area (Å²) in [6.07, 6.45) is 0. The molecule has 0 saturated heterocycles. The lowest BCUT2D eigenvalue weighted by Gasteiger charge is -2.33. The molecule has 0 atom stereocenters. The number of para-hydroxylation sites is 3. The highest BCUT2D eigenvalue weighted by atomic mass is 16.5. The largest absolute Gasteiger partial charge is 0.453 e. The van der Waals surface area contributed by atoms with Gasteiger partial charge in [-0.2, -0.15) is 0 Å². The normalized spacial score (nSPS) is 12.1. The minimum Gasteiger partial charge on any atom is -0.453 e. The van der Waals surface area contributed by atoms with Crippen LogP contribution in [0.25, 0.3) is 72.2 Å². The number of hydrogen-bond acceptors (Lipinski definition) is 4. The Morgan fingerprint density at radius 2 is 1.05 bits per heavy atom. The SMILES string of the molecule is c1ccc(-c2cc(-c3ccccc3)nc(-n3c4cccc(-c5ccc6c(c5)N(c5ccccc5)c5ccccc5O6)c4c4c5ccccc5ccc43)n2)cc1. The van der Waals surface area contributed by atoms with Gasteiger partial charge >= 0.3 is 0 Å². The fourth-order valence-electron chi connectivity index (χ4n) is 8.11. The van der Waals surface area contributed by atoms with Gasteiger partial charge < -0.3 is 9.64 Å². The average molecular weight is 705 g/mol. The standard InChI is InChI=1S/C50H32N4O/c1-4-16-34(17-5-1)40-32-41(35-18-6-2-7-19-35)52-50(51-40)54-43-25-14-23-39(49(43)48-38-22-11-10-15-33(38)27-29-44(48)54)36-28-30-47-45(31-36)53(37-20-8-3-9-21-37)42-24-12-13-26-46(42)55-47/h1-32H. The lowest BCUT2D eigenvalue weighted by atomic mass is 9.96. The molecule has 10 aromatic rings. The smallest absolute Gasteiger partial charge is 0.235 e. The molecule has 258 valence electrons. The van der Waals surface area contributed by atoms with Crippen LogP contribution < -0.4 is 9.64 Å². The first-order valence-electron chi connectivity index (χ1n) is 18.5. The third-order valence-electron chi connectivity index (χ3n) is 10.6. The topological polar surface area (TPSA) is 43.2 Å². The summed E-state index contributed by atoms with van der Waals surface area (Å²) in [5.74, 6) is 2.26. The Hall–Kier alpha value is -7.50. The molecule has 0 spiro atoms. The van der Waals surface area contributed by atoms with Crippen molar-refractivity contribution in [3.05, 3.63) is 194 Å². The van der Waals surface area contributed by atoms with Gasteiger partial charge in [-0.3, -0.25) is 4.57 Å². The van der Waals surface area contributed by atoms with Crippen LogP contribution in [-0.4, -0.2) is 14.5 Å². The van der Waals surface area contributed by atoms with E-state index in [0.717, 1.165) is 84.0 Å². The van der Waals surface area contributed by atoms with Gasteiger partial charge in [-0.15, -0.1) is 0 Å². The molecule has 0 radical (unpaired) electrons. The van der Waals surface area contributed by atoms with Crippen LogP contribution in [0.3, 0.4) is 0 Å². The summed E-state index contributed by atoms with van der Waals surface area (Å²) >= 11 is 0. The van der Waals surface area contributed by atoms with Gasteiger partial charge in [0.25, 0.3) is 0 Å². The van der Waals surface area contributed by atoms with E-state index < -0.39 is 0 Å². The maximum Gasteiger partial charge on any atom is 0.235 e. The lowest BCUT2D eigenvalue weighted by Crippen LogP contribution is -2.15. The summed E-state index contributed by atoms with van der Waals surface area (Å²) in [6.45, 7) is 0. The van der Waals surface area contributed by atoms with Gasteiger partial charge in [0, 0.05) is 27.6 Å². The molecular formula is C50H32N4O. The summed E-state index contributed by atoms with van der Waals surface area (Å²) in [6, 6.07) is 67.7. The minimum atomic E-state index is 0.623. The van der Waals surface area contributed by atoms with Crippen molar-refractivity contribution in [2.24, 2.45) is 0 Å². The van der Waals surface area contributed by atoms with Crippen LogP contribution in [0.2, 0.25) is 0 Å². The first kappa shape index (κ1) is 31.1. The molecule has 0 aliphatic carbocycles. The van der Waals surface area contributed by atoms with Crippen LogP contribution in [0.4, 0.5) is 17.1 Å². The number of benzene rings is 8. The Morgan fingerprint density at radius 1 is 0.418 bits per heavy atom. The van der Waals surface area contributed by atoms with Crippen molar-refractivity contribution >= 4 is 49.6 Å². The number of fused-ring (bicyclic) bond motifs is 7. The van der Waals surface area contributed by atoms with Gasteiger partial charge in [0.2, 0.25) is 5.95 Å². The van der Waals surface area contributed by atoms with Crippen molar-refractivity contribution < 1.29 is 4.74 Å². The predicted molar refractivity (Wildman–Crippen MR) is 225 cm³/mol. The van der Waals surface area contributed by atoms with E-state index in [4.69, 9.17) is 14.7 Å². The van der Waals surface area contributed by atoms with Crippen molar-refractivity contribution in [2.75, 3.05) is 4.90 Å². The first-order valence-corrected chi connectivity index (χ1v) is 18.5. The van der Waals surface area contributed by atoms with E-state index in [-0.39, 0.29) is 0 Å². The molecule has 0 amide bonds. The van der Waals surface area contributed by atoms with Crippen LogP contribution in [0.15, 0.2) is 194 Å². The maximum absolute atomic E-state index is 6.53. The number of nitrogens with zero attached hydrogens (tertiary/aromatic N) is 4. The van der Waals surface area contributed by atoms with Crippen molar-refractivity contribution in [1.82, 2.24) is 14.5 Å². The van der Waals surface area contributed by atoms with Crippen molar-refractivity contribution in [2.45, 2.75) is 0 Å². The van der Waals surface area contributed by atoms with E-state index in [1.165, 1.54) is 10.8 Å². The van der Waals surface area contributed by atoms with Crippen molar-refractivity contribution in [3.8, 4) is 51.1 Å². The molecular weight excluding hydrogens is 673 g/mol. The Kier molecular flexibility index (Phi) is 7.10. The second kappa shape index (κ2) is 12.6. The van der Waals surface area contributed by atoms with E-state index in [1.54, 1.807) is 0 Å². The highest BCUT2D eigenvalue weighted by Gasteiger charge is 2.27. The third-order valence-corrected chi connectivity index (χ3v) is 10.6. The molecule has 55 heavy (non-hydrogen) atoms. The fourth-order valence-corrected chi connectivity index (χ4v) is 8.11. The molecule has 0 unspecified atom stereocenters. The van der Waals surface area contributed by atoms with Crippen LogP contribution in [0.5, 0.6) is 11.5 Å². The molecule has 0 saturated carbocycles. The van der Waals surface area contributed by atoms with E-state index in [1.807, 2.05) is 24.3 Å². The summed E-state index contributed by atoms with van der Waals surface area (Å²) in [5.41, 5.74) is 11.2. The summed E-state index contributed by atoms with van der Waals surface area (Å²) < 4.78 is 8.77. The highest BCUT2D eigenvalue weighted by molar-refractivity contribution is 6.25. The molecule has 2 aromatic heterocycles. The van der Waals surface area contributed by atoms with Gasteiger partial charge in [-0.1, -0.05) is 140 Å². The zero-order valence-corrected chi connectivity index (χ0v) is 29.7. The Balaban J connectivity index is 1.19. The zero-order valence-electron chi connectivity index (χ0n) is 29.7. The van der Waals surface area contributed by atoms with Crippen molar-refractivity contribution in [3.63, 3.8) is 0 Å². The second-order valence-electron chi connectivity index (χ2n) is 13.8. The van der Waals surface area contributed by atoms with Crippen LogP contribution in [-0.2, 0) is 0 Å². The number of anilines is 3. The zero-order chi connectivity index (χ0) is 36.3. The molecule has 1 aliphatic rings. The Morgan fingerprint density at radius 3 is 1.82 bits per heavy atom. The quantitative estimate of drug-likeness (QED) is 0.179. The van der Waals surface area contributed by atoms with Crippen LogP contribution in [0.1, 0.15) is 0 Å².